The van der Waals surface area contributed by atoms with E-state index in [9.17, 15) is 9.59 Å². The third-order valence-corrected chi connectivity index (χ3v) is 3.29. The van der Waals surface area contributed by atoms with Crippen LogP contribution in [0, 0.1) is 0 Å². The Morgan fingerprint density at radius 1 is 1.25 bits per heavy atom. The van der Waals surface area contributed by atoms with Gasteiger partial charge in [0.05, 0.1) is 6.61 Å². The molecule has 0 aromatic carbocycles. The van der Waals surface area contributed by atoms with Gasteiger partial charge in [-0.15, -0.1) is 0 Å². The van der Waals surface area contributed by atoms with Gasteiger partial charge in [-0.3, -0.25) is 14.3 Å². The number of rotatable bonds is 5. The van der Waals surface area contributed by atoms with Crippen molar-refractivity contribution in [2.75, 3.05) is 27.9 Å². The van der Waals surface area contributed by atoms with E-state index in [0.29, 0.717) is 6.61 Å². The van der Waals surface area contributed by atoms with E-state index >= 15 is 0 Å². The molecule has 0 amide bonds. The molecule has 1 aromatic rings. The van der Waals surface area contributed by atoms with Crippen LogP contribution in [0.5, 0.6) is 0 Å². The van der Waals surface area contributed by atoms with E-state index in [0.717, 1.165) is 0 Å². The Labute approximate surface area is 115 Å². The summed E-state index contributed by atoms with van der Waals surface area (Å²) in [7, 11) is 4.61. The van der Waals surface area contributed by atoms with Crippen LogP contribution in [0.2, 0.25) is 0 Å². The topological polar surface area (TPSA) is 91.8 Å². The van der Waals surface area contributed by atoms with Gasteiger partial charge in [0, 0.05) is 33.6 Å². The van der Waals surface area contributed by atoms with Crippen molar-refractivity contribution in [2.24, 2.45) is 0 Å². The summed E-state index contributed by atoms with van der Waals surface area (Å²) in [6, 6.07) is 1.25. The van der Waals surface area contributed by atoms with E-state index in [4.69, 9.17) is 18.9 Å². The van der Waals surface area contributed by atoms with Crippen LogP contribution in [0.4, 0.5) is 0 Å². The minimum Gasteiger partial charge on any atom is -0.382 e. The molecule has 0 radical (unpaired) electrons. The number of aromatic amines is 1. The van der Waals surface area contributed by atoms with Gasteiger partial charge >= 0.3 is 5.69 Å². The summed E-state index contributed by atoms with van der Waals surface area (Å²) < 4.78 is 22.9. The average molecular weight is 287 g/mol. The summed E-state index contributed by atoms with van der Waals surface area (Å²) >= 11 is 0. The number of nitrogens with one attached hydrogen (secondary N) is 1. The Hall–Kier alpha value is -1.48. The van der Waals surface area contributed by atoms with E-state index in [1.54, 1.807) is 14.2 Å². The molecule has 0 spiro atoms. The Kier molecular flexibility index (Phi) is 4.71. The van der Waals surface area contributed by atoms with Gasteiger partial charge in [0.2, 0.25) is 0 Å². The van der Waals surface area contributed by atoms with Crippen LogP contribution in [0.25, 0.3) is 0 Å². The Bertz CT molecular complexity index is 553. The molecule has 4 unspecified atom stereocenters. The smallest absolute Gasteiger partial charge is 0.330 e. The molecular formula is C12H18N2O6. The number of H-pyrrole nitrogens is 1. The highest BCUT2D eigenvalue weighted by Gasteiger charge is 2.46. The predicted octanol–water partition coefficient (Wildman–Crippen LogP) is -0.890. The molecule has 20 heavy (non-hydrogen) atoms. The summed E-state index contributed by atoms with van der Waals surface area (Å²) in [5.41, 5.74) is -1.02. The molecule has 8 heteroatoms. The van der Waals surface area contributed by atoms with Gasteiger partial charge in [0.15, 0.2) is 6.23 Å². The minimum atomic E-state index is -0.686. The van der Waals surface area contributed by atoms with E-state index in [1.807, 2.05) is 0 Å². The van der Waals surface area contributed by atoms with Gasteiger partial charge in [-0.2, -0.15) is 0 Å². The fraction of sp³-hybridized carbons (Fsp3) is 0.667. The molecule has 1 N–H and O–H groups in total. The second-order valence-corrected chi connectivity index (χ2v) is 4.44. The molecule has 0 bridgehead atoms. The Balaban J connectivity index is 2.35. The molecular weight excluding hydrogens is 269 g/mol. The minimum absolute atomic E-state index is 0.312. The van der Waals surface area contributed by atoms with Gasteiger partial charge in [-0.25, -0.2) is 4.79 Å². The second kappa shape index (κ2) is 6.31. The molecule has 0 saturated carbocycles. The van der Waals surface area contributed by atoms with Crippen LogP contribution in [0.3, 0.4) is 0 Å². The highest BCUT2D eigenvalue weighted by atomic mass is 16.6. The highest BCUT2D eigenvalue weighted by molar-refractivity contribution is 4.94. The van der Waals surface area contributed by atoms with Crippen molar-refractivity contribution in [1.82, 2.24) is 9.55 Å². The molecule has 1 aromatic heterocycles. The number of ether oxygens (including phenoxy) is 4. The maximum Gasteiger partial charge on any atom is 0.330 e. The third-order valence-electron chi connectivity index (χ3n) is 3.29. The maximum atomic E-state index is 11.8. The van der Waals surface area contributed by atoms with Crippen molar-refractivity contribution in [3.05, 3.63) is 33.1 Å². The largest absolute Gasteiger partial charge is 0.382 e. The summed E-state index contributed by atoms with van der Waals surface area (Å²) in [6.45, 7) is 0.312. The van der Waals surface area contributed by atoms with Crippen LogP contribution >= 0.6 is 0 Å². The number of methoxy groups -OCH3 is 3. The molecule has 2 rings (SSSR count). The Morgan fingerprint density at radius 2 is 1.95 bits per heavy atom. The summed E-state index contributed by atoms with van der Waals surface area (Å²) in [6.07, 6.45) is -0.527. The molecule has 112 valence electrons. The van der Waals surface area contributed by atoms with Crippen LogP contribution < -0.4 is 11.2 Å². The zero-order valence-electron chi connectivity index (χ0n) is 11.6. The number of aromatic nitrogens is 2. The van der Waals surface area contributed by atoms with Crippen LogP contribution in [-0.2, 0) is 18.9 Å². The lowest BCUT2D eigenvalue weighted by Gasteiger charge is -2.22. The van der Waals surface area contributed by atoms with Crippen molar-refractivity contribution in [3.63, 3.8) is 0 Å². The van der Waals surface area contributed by atoms with Crippen molar-refractivity contribution < 1.29 is 18.9 Å². The SMILES string of the molecule is COCC1OC(n2[13cH]cc(=O)[nH]c2=O)C(OC)C1OC. The second-order valence-electron chi connectivity index (χ2n) is 4.44. The van der Waals surface area contributed by atoms with E-state index < -0.39 is 23.6 Å². The quantitative estimate of drug-likeness (QED) is 0.755. The normalized spacial score (nSPS) is 29.8. The lowest BCUT2D eigenvalue weighted by atomic mass is 10.1. The molecule has 1 fully saturated rings. The van der Waals surface area contributed by atoms with Gasteiger partial charge in [-0.05, 0) is 0 Å². The van der Waals surface area contributed by atoms with Crippen LogP contribution in [-0.4, -0.2) is 55.8 Å². The summed E-state index contributed by atoms with van der Waals surface area (Å²) in [5, 5.41) is 0. The van der Waals surface area contributed by atoms with Crippen molar-refractivity contribution in [3.8, 4) is 0 Å². The zero-order valence-corrected chi connectivity index (χ0v) is 11.6. The van der Waals surface area contributed by atoms with Crippen LogP contribution in [0.15, 0.2) is 21.9 Å². The van der Waals surface area contributed by atoms with Crippen LogP contribution in [0.1, 0.15) is 6.23 Å². The maximum absolute atomic E-state index is 11.8. The molecule has 0 aliphatic carbocycles. The van der Waals surface area contributed by atoms with E-state index in [2.05, 4.69) is 4.98 Å². The molecule has 8 nitrogen and oxygen atoms in total. The van der Waals surface area contributed by atoms with Crippen molar-refractivity contribution in [1.29, 1.82) is 0 Å². The first-order valence-electron chi connectivity index (χ1n) is 6.13. The lowest BCUT2D eigenvalue weighted by Crippen LogP contribution is -2.39. The van der Waals surface area contributed by atoms with Gasteiger partial charge < -0.3 is 18.9 Å². The van der Waals surface area contributed by atoms with Gasteiger partial charge in [-0.1, -0.05) is 0 Å². The summed E-state index contributed by atoms with van der Waals surface area (Å²) in [5.74, 6) is 0. The number of hydrogen-bond acceptors (Lipinski definition) is 6. The molecule has 4 atom stereocenters. The highest BCUT2D eigenvalue weighted by Crippen LogP contribution is 2.32. The summed E-state index contributed by atoms with van der Waals surface area (Å²) in [4.78, 5) is 25.1. The first-order chi connectivity index (χ1) is 9.62. The fourth-order valence-corrected chi connectivity index (χ4v) is 2.39. The lowest BCUT2D eigenvalue weighted by molar-refractivity contribution is -0.0673. The fourth-order valence-electron chi connectivity index (χ4n) is 2.39. The van der Waals surface area contributed by atoms with Gasteiger partial charge in [0.1, 0.15) is 18.3 Å². The van der Waals surface area contributed by atoms with Crippen molar-refractivity contribution in [2.45, 2.75) is 24.5 Å². The zero-order chi connectivity index (χ0) is 14.7. The molecule has 2 heterocycles. The third kappa shape index (κ3) is 2.68. The molecule has 1 aliphatic heterocycles. The van der Waals surface area contributed by atoms with Gasteiger partial charge in [0.25, 0.3) is 5.56 Å². The number of nitrogens with zero attached hydrogens (tertiary/aromatic N) is 1. The average Bonchev–Trinajstić information content (AvgIpc) is 2.76. The van der Waals surface area contributed by atoms with E-state index in [-0.39, 0.29) is 12.2 Å². The first kappa shape index (κ1) is 14.9. The Morgan fingerprint density at radius 3 is 2.50 bits per heavy atom. The first-order valence-corrected chi connectivity index (χ1v) is 6.13. The monoisotopic (exact) mass is 287 g/mol. The van der Waals surface area contributed by atoms with E-state index in [1.165, 1.54) is 23.9 Å². The standard InChI is InChI=1S/C12H18N2O6/c1-17-6-7-9(18-2)10(19-3)11(20-7)14-5-4-8(15)13-12(14)16/h4-5,7,9-11H,6H2,1-3H3,(H,13,15,16)/i5+1. The number of hydrogen-bond donors (Lipinski definition) is 1. The molecule has 1 saturated heterocycles. The van der Waals surface area contributed by atoms with Crippen molar-refractivity contribution >= 4 is 0 Å². The molecule has 1 aliphatic rings. The predicted molar refractivity (Wildman–Crippen MR) is 68.7 cm³/mol.